The molecule has 0 atom stereocenters. The molecule has 12 rings (SSSR count). The minimum Gasteiger partial charge on any atom is -0.457 e. The van der Waals surface area contributed by atoms with Crippen molar-refractivity contribution in [2.45, 2.75) is 5.41 Å². The van der Waals surface area contributed by atoms with Crippen LogP contribution in [0.3, 0.4) is 0 Å². The maximum atomic E-state index is 6.91. The summed E-state index contributed by atoms with van der Waals surface area (Å²) in [6.07, 6.45) is 0. The first-order chi connectivity index (χ1) is 30.7. The van der Waals surface area contributed by atoms with Crippen molar-refractivity contribution in [3.05, 3.63) is 247 Å². The molecule has 290 valence electrons. The molecular weight excluding hydrogens is 755 g/mol. The van der Waals surface area contributed by atoms with Gasteiger partial charge < -0.3 is 4.74 Å². The van der Waals surface area contributed by atoms with Crippen molar-refractivity contribution in [1.29, 1.82) is 0 Å². The number of rotatable bonds is 6. The van der Waals surface area contributed by atoms with Crippen molar-refractivity contribution in [3.63, 3.8) is 0 Å². The molecule has 4 nitrogen and oxygen atoms in total. The minimum absolute atomic E-state index is 0.532. The van der Waals surface area contributed by atoms with Crippen molar-refractivity contribution in [2.24, 2.45) is 0 Å². The predicted molar refractivity (Wildman–Crippen MR) is 250 cm³/mol. The second-order valence-corrected chi connectivity index (χ2v) is 15.9. The first-order valence-electron chi connectivity index (χ1n) is 21.0. The van der Waals surface area contributed by atoms with E-state index in [-0.39, 0.29) is 0 Å². The third-order valence-electron chi connectivity index (χ3n) is 12.4. The first kappa shape index (κ1) is 35.7. The molecule has 9 aromatic carbocycles. The van der Waals surface area contributed by atoms with Gasteiger partial charge >= 0.3 is 0 Å². The quantitative estimate of drug-likeness (QED) is 0.168. The highest BCUT2D eigenvalue weighted by Gasteiger charge is 2.50. The standard InChI is InChI=1S/C58H37N3O/c1-3-17-38(18-4-1)40-21-15-23-43(35-40)55-59-56(44-24-16-22-41(36-44)39-19-5-2-6-20-39)61-57(60-55)48-28-8-7-25-45(48)42-33-34-52-54(37-42)62-53-32-14-13-31-51(53)58(52)49-29-11-9-26-46(49)47-27-10-12-30-50(47)58/h1-37H. The van der Waals surface area contributed by atoms with E-state index in [4.69, 9.17) is 19.7 Å². The van der Waals surface area contributed by atoms with Crippen LogP contribution in [0.4, 0.5) is 0 Å². The summed E-state index contributed by atoms with van der Waals surface area (Å²) in [5, 5.41) is 0. The average molecular weight is 792 g/mol. The van der Waals surface area contributed by atoms with Gasteiger partial charge in [-0.05, 0) is 79.9 Å². The summed E-state index contributed by atoms with van der Waals surface area (Å²) in [7, 11) is 0. The molecule has 4 heteroatoms. The Morgan fingerprint density at radius 1 is 0.258 bits per heavy atom. The predicted octanol–water partition coefficient (Wildman–Crippen LogP) is 14.3. The molecule has 0 saturated heterocycles. The van der Waals surface area contributed by atoms with Crippen molar-refractivity contribution >= 4 is 0 Å². The van der Waals surface area contributed by atoms with Gasteiger partial charge in [0.25, 0.3) is 0 Å². The molecule has 0 N–H and O–H groups in total. The summed E-state index contributed by atoms with van der Waals surface area (Å²) in [5.41, 5.74) is 16.0. The van der Waals surface area contributed by atoms with Crippen LogP contribution < -0.4 is 4.74 Å². The highest BCUT2D eigenvalue weighted by Crippen LogP contribution is 2.62. The number of para-hydroxylation sites is 1. The Labute approximate surface area is 360 Å². The number of fused-ring (bicyclic) bond motifs is 9. The average Bonchev–Trinajstić information content (AvgIpc) is 3.65. The van der Waals surface area contributed by atoms with E-state index in [0.717, 1.165) is 72.7 Å². The molecule has 2 aliphatic rings. The third kappa shape index (κ3) is 5.72. The zero-order valence-corrected chi connectivity index (χ0v) is 33.6. The lowest BCUT2D eigenvalue weighted by Gasteiger charge is -2.39. The molecule has 1 aliphatic heterocycles. The number of hydrogen-bond acceptors (Lipinski definition) is 4. The monoisotopic (exact) mass is 791 g/mol. The molecule has 0 bridgehead atoms. The summed E-state index contributed by atoms with van der Waals surface area (Å²) < 4.78 is 6.91. The summed E-state index contributed by atoms with van der Waals surface area (Å²) in [6.45, 7) is 0. The van der Waals surface area contributed by atoms with Gasteiger partial charge in [-0.2, -0.15) is 0 Å². The van der Waals surface area contributed by atoms with Gasteiger partial charge in [0.2, 0.25) is 0 Å². The molecule has 0 fully saturated rings. The fraction of sp³-hybridized carbons (Fsp3) is 0.0172. The smallest absolute Gasteiger partial charge is 0.164 e. The van der Waals surface area contributed by atoms with E-state index in [9.17, 15) is 0 Å². The van der Waals surface area contributed by atoms with Gasteiger partial charge in [-0.1, -0.05) is 200 Å². The van der Waals surface area contributed by atoms with E-state index in [0.29, 0.717) is 17.5 Å². The molecule has 1 aliphatic carbocycles. The Bertz CT molecular complexity index is 3190. The number of benzene rings is 9. The molecule has 1 aromatic heterocycles. The van der Waals surface area contributed by atoms with Gasteiger partial charge in [0.15, 0.2) is 17.5 Å². The first-order valence-corrected chi connectivity index (χ1v) is 21.0. The van der Waals surface area contributed by atoms with Crippen molar-refractivity contribution in [2.75, 3.05) is 0 Å². The molecule has 0 saturated carbocycles. The van der Waals surface area contributed by atoms with Crippen LogP contribution in [0.15, 0.2) is 224 Å². The zero-order valence-electron chi connectivity index (χ0n) is 33.6. The van der Waals surface area contributed by atoms with Crippen LogP contribution >= 0.6 is 0 Å². The van der Waals surface area contributed by atoms with Gasteiger partial charge in [-0.3, -0.25) is 0 Å². The zero-order chi connectivity index (χ0) is 41.0. The summed E-state index contributed by atoms with van der Waals surface area (Å²) in [4.78, 5) is 15.7. The lowest BCUT2D eigenvalue weighted by atomic mass is 9.66. The molecule has 1 spiro atoms. The minimum atomic E-state index is -0.532. The number of aromatic nitrogens is 3. The van der Waals surface area contributed by atoms with Crippen LogP contribution in [0, 0.1) is 0 Å². The normalized spacial score (nSPS) is 12.8. The van der Waals surface area contributed by atoms with E-state index in [1.807, 2.05) is 12.1 Å². The number of nitrogens with zero attached hydrogens (tertiary/aromatic N) is 3. The fourth-order valence-corrected chi connectivity index (χ4v) is 9.65. The van der Waals surface area contributed by atoms with E-state index in [1.165, 1.54) is 22.3 Å². The van der Waals surface area contributed by atoms with E-state index < -0.39 is 5.41 Å². The molecule has 10 aromatic rings. The van der Waals surface area contributed by atoms with Crippen molar-refractivity contribution in [3.8, 4) is 90.2 Å². The van der Waals surface area contributed by atoms with Crippen LogP contribution in [0.5, 0.6) is 11.5 Å². The maximum absolute atomic E-state index is 6.91. The van der Waals surface area contributed by atoms with Crippen LogP contribution in [0.2, 0.25) is 0 Å². The topological polar surface area (TPSA) is 47.9 Å². The molecule has 0 amide bonds. The molecular formula is C58H37N3O. The molecule has 62 heavy (non-hydrogen) atoms. The van der Waals surface area contributed by atoms with Gasteiger partial charge in [0, 0.05) is 27.8 Å². The van der Waals surface area contributed by atoms with Gasteiger partial charge in [-0.15, -0.1) is 0 Å². The highest BCUT2D eigenvalue weighted by atomic mass is 16.5. The van der Waals surface area contributed by atoms with Crippen LogP contribution in [0.25, 0.3) is 78.7 Å². The van der Waals surface area contributed by atoms with E-state index in [1.54, 1.807) is 0 Å². The van der Waals surface area contributed by atoms with Crippen molar-refractivity contribution in [1.82, 2.24) is 15.0 Å². The van der Waals surface area contributed by atoms with E-state index >= 15 is 0 Å². The lowest BCUT2D eigenvalue weighted by Crippen LogP contribution is -2.32. The molecule has 0 radical (unpaired) electrons. The van der Waals surface area contributed by atoms with Crippen LogP contribution in [0.1, 0.15) is 22.3 Å². The molecule has 0 unspecified atom stereocenters. The van der Waals surface area contributed by atoms with Gasteiger partial charge in [-0.25, -0.2) is 15.0 Å². The van der Waals surface area contributed by atoms with Gasteiger partial charge in [0.05, 0.1) is 5.41 Å². The Morgan fingerprint density at radius 3 is 1.29 bits per heavy atom. The Hall–Kier alpha value is -8.21. The lowest BCUT2D eigenvalue weighted by molar-refractivity contribution is 0.436. The SMILES string of the molecule is c1ccc(-c2cccc(-c3nc(-c4cccc(-c5ccccc5)c4)nc(-c4ccccc4-c4ccc5c(c4)Oc4ccccc4C54c5ccccc5-c5ccccc54)n3)c2)cc1. The highest BCUT2D eigenvalue weighted by molar-refractivity contribution is 5.90. The summed E-state index contributed by atoms with van der Waals surface area (Å²) in [6, 6.07) is 79.0. The maximum Gasteiger partial charge on any atom is 0.164 e. The summed E-state index contributed by atoms with van der Waals surface area (Å²) >= 11 is 0. The Balaban J connectivity index is 1.03. The second-order valence-electron chi connectivity index (χ2n) is 15.9. The number of ether oxygens (including phenoxy) is 1. The van der Waals surface area contributed by atoms with E-state index in [2.05, 4.69) is 212 Å². The number of hydrogen-bond donors (Lipinski definition) is 0. The van der Waals surface area contributed by atoms with Crippen LogP contribution in [-0.4, -0.2) is 15.0 Å². The van der Waals surface area contributed by atoms with Crippen molar-refractivity contribution < 1.29 is 4.74 Å². The Morgan fingerprint density at radius 2 is 0.694 bits per heavy atom. The summed E-state index contributed by atoms with van der Waals surface area (Å²) in [5.74, 6) is 3.49. The van der Waals surface area contributed by atoms with Crippen LogP contribution in [-0.2, 0) is 5.41 Å². The molecule has 2 heterocycles. The largest absolute Gasteiger partial charge is 0.457 e. The Kier molecular flexibility index (Phi) is 8.36. The van der Waals surface area contributed by atoms with Gasteiger partial charge in [0.1, 0.15) is 11.5 Å². The fourth-order valence-electron chi connectivity index (χ4n) is 9.65. The third-order valence-corrected chi connectivity index (χ3v) is 12.4. The second kappa shape index (κ2) is 14.5.